The molecular weight excluding hydrogens is 249 g/mol. The zero-order valence-corrected chi connectivity index (χ0v) is 11.4. The summed E-state index contributed by atoms with van der Waals surface area (Å²) in [5, 5.41) is 13.3. The van der Waals surface area contributed by atoms with Gasteiger partial charge in [0.1, 0.15) is 5.67 Å². The Balaban J connectivity index is 1.88. The summed E-state index contributed by atoms with van der Waals surface area (Å²) in [6.45, 7) is 2.81. The molecule has 1 fully saturated rings. The van der Waals surface area contributed by atoms with Gasteiger partial charge in [0, 0.05) is 32.0 Å². The summed E-state index contributed by atoms with van der Waals surface area (Å²) in [5.41, 5.74) is -0.372. The first-order chi connectivity index (χ1) is 9.15. The van der Waals surface area contributed by atoms with Crippen LogP contribution < -0.4 is 0 Å². The van der Waals surface area contributed by atoms with Gasteiger partial charge in [-0.3, -0.25) is 9.58 Å². The van der Waals surface area contributed by atoms with E-state index in [1.54, 1.807) is 7.11 Å². The number of rotatable bonds is 6. The Morgan fingerprint density at radius 2 is 2.42 bits per heavy atom. The van der Waals surface area contributed by atoms with Crippen LogP contribution in [0.1, 0.15) is 18.4 Å². The fourth-order valence-electron chi connectivity index (χ4n) is 2.50. The smallest absolute Gasteiger partial charge is 0.146 e. The lowest BCUT2D eigenvalue weighted by Crippen LogP contribution is -2.47. The van der Waals surface area contributed by atoms with Crippen LogP contribution in [0.25, 0.3) is 0 Å². The summed E-state index contributed by atoms with van der Waals surface area (Å²) in [7, 11) is 1.66. The molecule has 0 aromatic carbocycles. The predicted molar refractivity (Wildman–Crippen MR) is 69.5 cm³/mol. The summed E-state index contributed by atoms with van der Waals surface area (Å²) in [6, 6.07) is 0. The van der Waals surface area contributed by atoms with Crippen LogP contribution in [0.4, 0.5) is 4.39 Å². The van der Waals surface area contributed by atoms with Gasteiger partial charge in [-0.15, -0.1) is 0 Å². The van der Waals surface area contributed by atoms with Crippen LogP contribution in [0.5, 0.6) is 0 Å². The van der Waals surface area contributed by atoms with Gasteiger partial charge in [-0.2, -0.15) is 5.10 Å². The second kappa shape index (κ2) is 6.45. The van der Waals surface area contributed by atoms with Crippen LogP contribution in [-0.2, 0) is 17.8 Å². The summed E-state index contributed by atoms with van der Waals surface area (Å²) in [5.74, 6) is 0. The second-order valence-corrected chi connectivity index (χ2v) is 5.23. The molecule has 1 aliphatic heterocycles. The molecule has 5 nitrogen and oxygen atoms in total. The standard InChI is InChI=1S/C13H22FN3O2/c1-19-6-5-17-9-12(7-15-17)8-16-4-2-3-13(14,10-16)11-18/h7,9,18H,2-6,8,10-11H2,1H3. The number of halogens is 1. The molecular formula is C13H22FN3O2. The van der Waals surface area contributed by atoms with Crippen LogP contribution in [0.2, 0.25) is 0 Å². The number of hydrogen-bond acceptors (Lipinski definition) is 4. The van der Waals surface area contributed by atoms with Crippen molar-refractivity contribution in [1.82, 2.24) is 14.7 Å². The highest BCUT2D eigenvalue weighted by Gasteiger charge is 2.34. The van der Waals surface area contributed by atoms with E-state index in [0.29, 0.717) is 26.1 Å². The SMILES string of the molecule is COCCn1cc(CN2CCCC(F)(CO)C2)cn1. The van der Waals surface area contributed by atoms with Crippen molar-refractivity contribution in [3.8, 4) is 0 Å². The number of aromatic nitrogens is 2. The van der Waals surface area contributed by atoms with Gasteiger partial charge in [0.25, 0.3) is 0 Å². The van der Waals surface area contributed by atoms with E-state index in [1.165, 1.54) is 0 Å². The Bertz CT molecular complexity index is 399. The van der Waals surface area contributed by atoms with Gasteiger partial charge < -0.3 is 9.84 Å². The van der Waals surface area contributed by atoms with E-state index in [9.17, 15) is 4.39 Å². The molecule has 1 N–H and O–H groups in total. The zero-order chi connectivity index (χ0) is 13.7. The minimum atomic E-state index is -1.44. The predicted octanol–water partition coefficient (Wildman–Crippen LogP) is 0.826. The van der Waals surface area contributed by atoms with Crippen LogP contribution >= 0.6 is 0 Å². The Hall–Kier alpha value is -0.980. The number of aliphatic hydroxyl groups excluding tert-OH is 1. The largest absolute Gasteiger partial charge is 0.393 e. The molecule has 108 valence electrons. The molecule has 6 heteroatoms. The van der Waals surface area contributed by atoms with Gasteiger partial charge in [0.2, 0.25) is 0 Å². The van der Waals surface area contributed by atoms with Crippen LogP contribution in [0.3, 0.4) is 0 Å². The highest BCUT2D eigenvalue weighted by atomic mass is 19.1. The molecule has 0 amide bonds. The number of hydrogen-bond donors (Lipinski definition) is 1. The van der Waals surface area contributed by atoms with Crippen molar-refractivity contribution in [2.24, 2.45) is 0 Å². The average Bonchev–Trinajstić information content (AvgIpc) is 2.84. The number of alkyl halides is 1. The molecule has 2 rings (SSSR count). The molecule has 1 unspecified atom stereocenters. The number of aliphatic hydroxyl groups is 1. The highest BCUT2D eigenvalue weighted by molar-refractivity contribution is 5.04. The van der Waals surface area contributed by atoms with Gasteiger partial charge >= 0.3 is 0 Å². The van der Waals surface area contributed by atoms with Crippen molar-refractivity contribution in [3.05, 3.63) is 18.0 Å². The van der Waals surface area contributed by atoms with Crippen molar-refractivity contribution in [2.45, 2.75) is 31.6 Å². The van der Waals surface area contributed by atoms with Gasteiger partial charge in [0.15, 0.2) is 0 Å². The molecule has 0 saturated carbocycles. The minimum absolute atomic E-state index is 0.298. The van der Waals surface area contributed by atoms with Crippen molar-refractivity contribution in [3.63, 3.8) is 0 Å². The molecule has 0 spiro atoms. The number of methoxy groups -OCH3 is 1. The van der Waals surface area contributed by atoms with Gasteiger partial charge in [-0.05, 0) is 19.4 Å². The lowest BCUT2D eigenvalue weighted by atomic mass is 9.95. The average molecular weight is 271 g/mol. The first-order valence-corrected chi connectivity index (χ1v) is 6.68. The quantitative estimate of drug-likeness (QED) is 0.832. The molecule has 0 radical (unpaired) electrons. The molecule has 0 bridgehead atoms. The summed E-state index contributed by atoms with van der Waals surface area (Å²) >= 11 is 0. The monoisotopic (exact) mass is 271 g/mol. The second-order valence-electron chi connectivity index (χ2n) is 5.23. The maximum atomic E-state index is 14.1. The van der Waals surface area contributed by atoms with E-state index in [-0.39, 0.29) is 0 Å². The van der Waals surface area contributed by atoms with E-state index >= 15 is 0 Å². The fourth-order valence-corrected chi connectivity index (χ4v) is 2.50. The summed E-state index contributed by atoms with van der Waals surface area (Å²) in [4.78, 5) is 2.04. The Kier molecular flexibility index (Phi) is 4.90. The molecule has 0 aliphatic carbocycles. The van der Waals surface area contributed by atoms with E-state index in [2.05, 4.69) is 5.10 Å². The molecule has 1 aromatic heterocycles. The zero-order valence-electron chi connectivity index (χ0n) is 11.4. The lowest BCUT2D eigenvalue weighted by Gasteiger charge is -2.36. The van der Waals surface area contributed by atoms with Crippen molar-refractivity contribution in [1.29, 1.82) is 0 Å². The third kappa shape index (κ3) is 3.99. The third-order valence-corrected chi connectivity index (χ3v) is 3.51. The lowest BCUT2D eigenvalue weighted by molar-refractivity contribution is -0.00385. The van der Waals surface area contributed by atoms with Gasteiger partial charge in [-0.25, -0.2) is 4.39 Å². The molecule has 1 atom stereocenters. The molecule has 2 heterocycles. The summed E-state index contributed by atoms with van der Waals surface area (Å²) in [6.07, 6.45) is 5.01. The van der Waals surface area contributed by atoms with Crippen molar-refractivity contribution >= 4 is 0 Å². The molecule has 1 saturated heterocycles. The van der Waals surface area contributed by atoms with Crippen LogP contribution in [0, 0.1) is 0 Å². The van der Waals surface area contributed by atoms with E-state index in [1.807, 2.05) is 22.0 Å². The Labute approximate surface area is 113 Å². The molecule has 19 heavy (non-hydrogen) atoms. The van der Waals surface area contributed by atoms with Gasteiger partial charge in [-0.1, -0.05) is 0 Å². The van der Waals surface area contributed by atoms with Crippen LogP contribution in [-0.4, -0.2) is 58.9 Å². The van der Waals surface area contributed by atoms with Crippen molar-refractivity contribution in [2.75, 3.05) is 33.4 Å². The van der Waals surface area contributed by atoms with Crippen LogP contribution in [0.15, 0.2) is 12.4 Å². The number of likely N-dealkylation sites (tertiary alicyclic amines) is 1. The Morgan fingerprint density at radius 1 is 1.58 bits per heavy atom. The Morgan fingerprint density at radius 3 is 3.16 bits per heavy atom. The van der Waals surface area contributed by atoms with Crippen molar-refractivity contribution < 1.29 is 14.2 Å². The first kappa shape index (κ1) is 14.4. The number of piperidine rings is 1. The van der Waals surface area contributed by atoms with Gasteiger partial charge in [0.05, 0.1) is 26.0 Å². The minimum Gasteiger partial charge on any atom is -0.393 e. The summed E-state index contributed by atoms with van der Waals surface area (Å²) < 4.78 is 20.9. The fraction of sp³-hybridized carbons (Fsp3) is 0.769. The molecule has 1 aromatic rings. The molecule has 1 aliphatic rings. The van der Waals surface area contributed by atoms with E-state index < -0.39 is 12.3 Å². The first-order valence-electron chi connectivity index (χ1n) is 6.68. The maximum Gasteiger partial charge on any atom is 0.146 e. The number of nitrogens with zero attached hydrogens (tertiary/aromatic N) is 3. The van der Waals surface area contributed by atoms with E-state index in [0.717, 1.165) is 25.1 Å². The van der Waals surface area contributed by atoms with E-state index in [4.69, 9.17) is 9.84 Å². The topological polar surface area (TPSA) is 50.5 Å². The highest BCUT2D eigenvalue weighted by Crippen LogP contribution is 2.25. The third-order valence-electron chi connectivity index (χ3n) is 3.51. The number of ether oxygens (including phenoxy) is 1. The maximum absolute atomic E-state index is 14.1. The normalized spacial score (nSPS) is 24.8.